The van der Waals surface area contributed by atoms with Crippen molar-refractivity contribution in [2.24, 2.45) is 22.2 Å². The van der Waals surface area contributed by atoms with Crippen LogP contribution in [0.15, 0.2) is 65.8 Å². The molecule has 1 aliphatic rings. The van der Waals surface area contributed by atoms with Crippen molar-refractivity contribution in [1.29, 1.82) is 0 Å². The Morgan fingerprint density at radius 2 is 1.49 bits per heavy atom. The van der Waals surface area contributed by atoms with Gasteiger partial charge in [0, 0.05) is 56.4 Å². The number of carbonyl (C=O) groups is 9. The highest BCUT2D eigenvalue weighted by molar-refractivity contribution is 5.97. The second kappa shape index (κ2) is 26.4. The first-order chi connectivity index (χ1) is 32.0. The number of aromatic nitrogens is 1. The zero-order chi connectivity index (χ0) is 48.9. The van der Waals surface area contributed by atoms with E-state index in [0.717, 1.165) is 10.9 Å². The molecule has 0 saturated carbocycles. The van der Waals surface area contributed by atoms with Crippen molar-refractivity contribution in [2.45, 2.75) is 101 Å². The minimum absolute atomic E-state index is 0.0415. The number of nitrogens with zero attached hydrogens (tertiary/aromatic N) is 1. The number of H-pyrrole nitrogens is 1. The molecule has 23 heteroatoms. The van der Waals surface area contributed by atoms with Gasteiger partial charge < -0.3 is 69.8 Å². The highest BCUT2D eigenvalue weighted by atomic mass is 16.4. The molecule has 6 atom stereocenters. The molecule has 1 aliphatic heterocycles. The fourth-order valence-corrected chi connectivity index (χ4v) is 7.29. The molecule has 16 N–H and O–H groups in total. The van der Waals surface area contributed by atoms with Crippen LogP contribution in [0.3, 0.4) is 0 Å². The van der Waals surface area contributed by atoms with Crippen molar-refractivity contribution in [2.75, 3.05) is 26.2 Å². The lowest BCUT2D eigenvalue weighted by Crippen LogP contribution is -2.59. The summed E-state index contributed by atoms with van der Waals surface area (Å²) in [5.41, 5.74) is 18.7. The van der Waals surface area contributed by atoms with Gasteiger partial charge in [0.15, 0.2) is 5.96 Å². The van der Waals surface area contributed by atoms with E-state index in [1.54, 1.807) is 42.6 Å². The maximum atomic E-state index is 14.0. The summed E-state index contributed by atoms with van der Waals surface area (Å²) in [7, 11) is 0. The van der Waals surface area contributed by atoms with Gasteiger partial charge >= 0.3 is 5.97 Å². The Labute approximate surface area is 386 Å². The molecule has 1 aromatic heterocycles. The maximum absolute atomic E-state index is 14.0. The normalized spacial score (nSPS) is 21.2. The molecule has 2 heterocycles. The molecule has 67 heavy (non-hydrogen) atoms. The highest BCUT2D eigenvalue weighted by Gasteiger charge is 2.33. The average Bonchev–Trinajstić information content (AvgIpc) is 3.70. The summed E-state index contributed by atoms with van der Waals surface area (Å²) >= 11 is 0. The van der Waals surface area contributed by atoms with Crippen LogP contribution in [0.2, 0.25) is 0 Å². The number of benzene rings is 2. The monoisotopic (exact) mass is 931 g/mol. The van der Waals surface area contributed by atoms with Crippen LogP contribution in [0.5, 0.6) is 0 Å². The second-order valence-electron chi connectivity index (χ2n) is 16.0. The van der Waals surface area contributed by atoms with E-state index < -0.39 is 96.0 Å². The van der Waals surface area contributed by atoms with E-state index in [2.05, 4.69) is 52.5 Å². The summed E-state index contributed by atoms with van der Waals surface area (Å²) in [4.78, 5) is 127. The summed E-state index contributed by atoms with van der Waals surface area (Å²) in [6.45, 7) is 0.528. The van der Waals surface area contributed by atoms with Crippen molar-refractivity contribution in [1.82, 2.24) is 47.5 Å². The average molecular weight is 932 g/mol. The lowest BCUT2D eigenvalue weighted by Gasteiger charge is -2.26. The number of nitrogens with one attached hydrogen (secondary N) is 9. The number of aliphatic carboxylic acids is 1. The molecular formula is C44H61N13O10. The number of rotatable bonds is 14. The second-order valence-corrected chi connectivity index (χ2v) is 16.0. The lowest BCUT2D eigenvalue weighted by atomic mass is 10.0. The third kappa shape index (κ3) is 17.4. The van der Waals surface area contributed by atoms with Gasteiger partial charge in [-0.1, -0.05) is 48.5 Å². The van der Waals surface area contributed by atoms with Crippen LogP contribution in [0.4, 0.5) is 0 Å². The van der Waals surface area contributed by atoms with Crippen molar-refractivity contribution in [3.05, 3.63) is 71.9 Å². The van der Waals surface area contributed by atoms with Gasteiger partial charge in [-0.05, 0) is 62.3 Å². The Balaban J connectivity index is 1.64. The SMILES string of the molecule is CC(=O)NC(CCCN=C(N)N)C(=O)NC1CCC(=O)NCCCC(C(=O)O)NC(=O)[C@H](Cc2c[nH]c3ccccc23)NC(=O)CNC(=O)C(Cc2ccccc2)NC(=O)[C@H](CCN)NC1=O. The fraction of sp³-hybridized carbons (Fsp3) is 0.455. The van der Waals surface area contributed by atoms with Gasteiger partial charge in [0.25, 0.3) is 0 Å². The number of guanidine groups is 1. The van der Waals surface area contributed by atoms with E-state index in [-0.39, 0.29) is 83.4 Å². The number of aliphatic imine (C=N–C) groups is 1. The number of para-hydroxylation sites is 1. The fourth-order valence-electron chi connectivity index (χ4n) is 7.29. The first kappa shape index (κ1) is 52.1. The molecule has 0 aliphatic carbocycles. The van der Waals surface area contributed by atoms with Crippen molar-refractivity contribution >= 4 is 70.1 Å². The van der Waals surface area contributed by atoms with Crippen LogP contribution in [-0.4, -0.2) is 132 Å². The molecule has 0 radical (unpaired) electrons. The van der Waals surface area contributed by atoms with Crippen LogP contribution in [0.1, 0.15) is 63.0 Å². The molecule has 8 amide bonds. The number of nitrogens with two attached hydrogens (primary N) is 3. The number of hydrogen-bond acceptors (Lipinski definition) is 11. The Kier molecular flexibility index (Phi) is 20.5. The first-order valence-corrected chi connectivity index (χ1v) is 21.9. The van der Waals surface area contributed by atoms with Crippen LogP contribution < -0.4 is 59.7 Å². The molecule has 4 rings (SSSR count). The minimum atomic E-state index is -1.45. The Hall–Kier alpha value is -7.56. The smallest absolute Gasteiger partial charge is 0.326 e. The quantitative estimate of drug-likeness (QED) is 0.0441. The summed E-state index contributed by atoms with van der Waals surface area (Å²) < 4.78 is 0. The van der Waals surface area contributed by atoms with E-state index in [1.807, 2.05) is 18.2 Å². The minimum Gasteiger partial charge on any atom is -0.480 e. The van der Waals surface area contributed by atoms with Crippen LogP contribution in [-0.2, 0) is 56.0 Å². The van der Waals surface area contributed by atoms with Crippen LogP contribution in [0, 0.1) is 0 Å². The number of amides is 8. The van der Waals surface area contributed by atoms with Crippen LogP contribution in [0.25, 0.3) is 10.9 Å². The lowest BCUT2D eigenvalue weighted by molar-refractivity contribution is -0.142. The Bertz CT molecular complexity index is 2250. The van der Waals surface area contributed by atoms with Crippen molar-refractivity contribution in [3.8, 4) is 0 Å². The number of carbonyl (C=O) groups excluding carboxylic acids is 8. The summed E-state index contributed by atoms with van der Waals surface area (Å²) in [5.74, 6) is -7.60. The zero-order valence-corrected chi connectivity index (χ0v) is 37.2. The number of fused-ring (bicyclic) bond motifs is 1. The summed E-state index contributed by atoms with van der Waals surface area (Å²) in [5, 5.41) is 31.4. The Morgan fingerprint density at radius 1 is 0.806 bits per heavy atom. The number of carboxylic acid groups (broad SMARTS) is 1. The third-order valence-electron chi connectivity index (χ3n) is 10.7. The molecule has 0 spiro atoms. The number of hydrogen-bond donors (Lipinski definition) is 13. The zero-order valence-electron chi connectivity index (χ0n) is 37.2. The molecule has 1 saturated heterocycles. The topological polar surface area (TPSA) is 376 Å². The van der Waals surface area contributed by atoms with Gasteiger partial charge in [-0.3, -0.25) is 43.3 Å². The van der Waals surface area contributed by atoms with E-state index in [1.165, 1.54) is 6.92 Å². The molecule has 3 aromatic rings. The molecule has 362 valence electrons. The van der Waals surface area contributed by atoms with Gasteiger partial charge in [-0.15, -0.1) is 0 Å². The summed E-state index contributed by atoms with van der Waals surface area (Å²) in [6, 6.07) is 7.86. The van der Waals surface area contributed by atoms with Gasteiger partial charge in [0.1, 0.15) is 36.3 Å². The molecule has 1 fully saturated rings. The largest absolute Gasteiger partial charge is 0.480 e. The third-order valence-corrected chi connectivity index (χ3v) is 10.7. The molecule has 0 bridgehead atoms. The van der Waals surface area contributed by atoms with Gasteiger partial charge in [-0.25, -0.2) is 4.79 Å². The number of carboxylic acids is 1. The van der Waals surface area contributed by atoms with E-state index >= 15 is 0 Å². The van der Waals surface area contributed by atoms with E-state index in [9.17, 15) is 48.3 Å². The molecule has 2 aromatic carbocycles. The van der Waals surface area contributed by atoms with Crippen molar-refractivity contribution in [3.63, 3.8) is 0 Å². The van der Waals surface area contributed by atoms with E-state index in [0.29, 0.717) is 11.1 Å². The van der Waals surface area contributed by atoms with Crippen LogP contribution >= 0.6 is 0 Å². The standard InChI is InChI=1S/C44H61N13O10/c1-25(58)52-30(13-7-20-49-44(46)47)39(62)54-31-15-16-36(59)48-19-8-14-33(43(66)67)56-42(65)35(22-27-23-50-29-12-6-5-11-28(27)29)53-37(60)24-51-38(61)34(21-26-9-3-2-4-10-26)57-41(64)32(17-18-45)55-40(31)63/h2-6,9-12,23,30-35,50H,7-8,13-22,24,45H2,1H3,(H,48,59)(H,51,61)(H,52,58)(H,53,60)(H,54,62)(H,55,63)(H,56,65)(H,57,64)(H,66,67)(H4,46,47,49)/t30?,31?,32-,33?,34?,35-/m0/s1. The molecule has 23 nitrogen and oxygen atoms in total. The number of aromatic amines is 1. The predicted octanol–water partition coefficient (Wildman–Crippen LogP) is -2.82. The summed E-state index contributed by atoms with van der Waals surface area (Å²) in [6.07, 6.45) is 1.04. The molecule has 4 unspecified atom stereocenters. The van der Waals surface area contributed by atoms with Gasteiger partial charge in [0.2, 0.25) is 47.3 Å². The predicted molar refractivity (Wildman–Crippen MR) is 245 cm³/mol. The van der Waals surface area contributed by atoms with Gasteiger partial charge in [0.05, 0.1) is 6.54 Å². The Morgan fingerprint density at radius 3 is 2.19 bits per heavy atom. The highest BCUT2D eigenvalue weighted by Crippen LogP contribution is 2.19. The van der Waals surface area contributed by atoms with E-state index in [4.69, 9.17) is 17.2 Å². The van der Waals surface area contributed by atoms with Gasteiger partial charge in [-0.2, -0.15) is 0 Å². The maximum Gasteiger partial charge on any atom is 0.326 e. The first-order valence-electron chi connectivity index (χ1n) is 21.9. The van der Waals surface area contributed by atoms with Crippen molar-refractivity contribution < 1.29 is 48.3 Å². The molecular weight excluding hydrogens is 871 g/mol.